The van der Waals surface area contributed by atoms with Crippen LogP contribution in [0.1, 0.15) is 26.5 Å². The first-order chi connectivity index (χ1) is 14.7. The summed E-state index contributed by atoms with van der Waals surface area (Å²) in [6, 6.07) is 9.79. The van der Waals surface area contributed by atoms with E-state index in [9.17, 15) is 4.79 Å². The van der Waals surface area contributed by atoms with E-state index in [0.717, 1.165) is 35.4 Å². The highest BCUT2D eigenvalue weighted by atomic mass is 16.6. The minimum Gasteiger partial charge on any atom is -0.444 e. The molecule has 1 amide bonds. The first kappa shape index (κ1) is 20.9. The average Bonchev–Trinajstić information content (AvgIpc) is 3.07. The van der Waals surface area contributed by atoms with Gasteiger partial charge in [0.25, 0.3) is 0 Å². The molecule has 1 fully saturated rings. The molecule has 1 aromatic carbocycles. The van der Waals surface area contributed by atoms with Gasteiger partial charge in [0.2, 0.25) is 0 Å². The fraction of sp³-hybridized carbons (Fsp3) is 0.409. The zero-order valence-electron chi connectivity index (χ0n) is 18.2. The number of anilines is 2. The van der Waals surface area contributed by atoms with Crippen LogP contribution in [0.2, 0.25) is 0 Å². The third-order valence-corrected chi connectivity index (χ3v) is 5.29. The van der Waals surface area contributed by atoms with Crippen LogP contribution in [0.4, 0.5) is 16.3 Å². The van der Waals surface area contributed by atoms with Crippen molar-refractivity contribution >= 4 is 23.1 Å². The lowest BCUT2D eigenvalue weighted by Gasteiger charge is -2.35. The molecule has 1 saturated heterocycles. The van der Waals surface area contributed by atoms with E-state index in [-0.39, 0.29) is 6.09 Å². The van der Waals surface area contributed by atoms with Gasteiger partial charge in [0.1, 0.15) is 17.4 Å². The van der Waals surface area contributed by atoms with Crippen molar-refractivity contribution in [3.63, 3.8) is 0 Å². The monoisotopic (exact) mass is 423 g/mol. The molecule has 0 atom stereocenters. The molecule has 4 N–H and O–H groups in total. The molecule has 0 saturated carbocycles. The van der Waals surface area contributed by atoms with E-state index in [1.54, 1.807) is 4.90 Å². The van der Waals surface area contributed by atoms with E-state index in [1.165, 1.54) is 6.33 Å². The highest BCUT2D eigenvalue weighted by molar-refractivity contribution is 5.88. The third kappa shape index (κ3) is 4.56. The lowest BCUT2D eigenvalue weighted by molar-refractivity contribution is 0.0138. The molecule has 9 nitrogen and oxygen atoms in total. The van der Waals surface area contributed by atoms with Gasteiger partial charge in [-0.15, -0.1) is 0 Å². The fourth-order valence-electron chi connectivity index (χ4n) is 3.77. The van der Waals surface area contributed by atoms with Crippen molar-refractivity contribution in [2.24, 2.45) is 0 Å². The summed E-state index contributed by atoms with van der Waals surface area (Å²) in [6.07, 6.45) is 1.21. The van der Waals surface area contributed by atoms with Gasteiger partial charge < -0.3 is 21.1 Å². The van der Waals surface area contributed by atoms with Gasteiger partial charge in [-0.25, -0.2) is 14.3 Å². The number of benzene rings is 1. The lowest BCUT2D eigenvalue weighted by Crippen LogP contribution is -2.49. The zero-order valence-corrected chi connectivity index (χ0v) is 18.2. The number of hydrogen-bond acceptors (Lipinski definition) is 7. The van der Waals surface area contributed by atoms with Crippen LogP contribution in [0.15, 0.2) is 36.7 Å². The second-order valence-corrected chi connectivity index (χ2v) is 8.82. The number of piperazine rings is 1. The molecule has 0 unspecified atom stereocenters. The van der Waals surface area contributed by atoms with Crippen LogP contribution in [0, 0.1) is 0 Å². The third-order valence-electron chi connectivity index (χ3n) is 5.29. The van der Waals surface area contributed by atoms with Crippen molar-refractivity contribution in [3.8, 4) is 11.1 Å². The summed E-state index contributed by atoms with van der Waals surface area (Å²) in [5, 5.41) is 4.44. The molecule has 9 heteroatoms. The molecular weight excluding hydrogens is 394 g/mol. The number of carbonyl (C=O) groups excluding carboxylic acids is 1. The Morgan fingerprint density at radius 2 is 1.77 bits per heavy atom. The molecule has 0 bridgehead atoms. The number of carbonyl (C=O) groups is 1. The van der Waals surface area contributed by atoms with Gasteiger partial charge in [0.05, 0.1) is 5.69 Å². The summed E-state index contributed by atoms with van der Waals surface area (Å²) in [5.41, 5.74) is 16.1. The number of nitrogens with two attached hydrogens (primary N) is 2. The van der Waals surface area contributed by atoms with Crippen LogP contribution in [-0.2, 0) is 11.3 Å². The Morgan fingerprint density at radius 3 is 2.42 bits per heavy atom. The van der Waals surface area contributed by atoms with Crippen molar-refractivity contribution in [3.05, 3.63) is 42.4 Å². The molecule has 3 heterocycles. The van der Waals surface area contributed by atoms with Gasteiger partial charge in [-0.2, -0.15) is 5.10 Å². The Bertz CT molecular complexity index is 1080. The molecule has 1 aliphatic rings. The molecular formula is C22H29N7O2. The summed E-state index contributed by atoms with van der Waals surface area (Å²) in [6.45, 7) is 9.09. The Kier molecular flexibility index (Phi) is 5.45. The molecule has 0 aliphatic carbocycles. The molecule has 0 radical (unpaired) electrons. The highest BCUT2D eigenvalue weighted by Gasteiger charge is 2.26. The van der Waals surface area contributed by atoms with Crippen molar-refractivity contribution < 1.29 is 9.53 Å². The van der Waals surface area contributed by atoms with Crippen LogP contribution in [-0.4, -0.2) is 62.3 Å². The number of fused-ring (bicyclic) bond motifs is 1. The summed E-state index contributed by atoms with van der Waals surface area (Å²) in [7, 11) is 0. The highest BCUT2D eigenvalue weighted by Crippen LogP contribution is 2.31. The van der Waals surface area contributed by atoms with E-state index < -0.39 is 5.60 Å². The van der Waals surface area contributed by atoms with E-state index in [4.69, 9.17) is 16.2 Å². The van der Waals surface area contributed by atoms with Crippen LogP contribution in [0.5, 0.6) is 0 Å². The largest absolute Gasteiger partial charge is 0.444 e. The topological polar surface area (TPSA) is 115 Å². The maximum absolute atomic E-state index is 12.3. The summed E-state index contributed by atoms with van der Waals surface area (Å²) in [4.78, 5) is 20.6. The van der Waals surface area contributed by atoms with Crippen LogP contribution in [0.25, 0.3) is 16.6 Å². The minimum atomic E-state index is -0.489. The second kappa shape index (κ2) is 8.07. The Labute approximate surface area is 181 Å². The van der Waals surface area contributed by atoms with Crippen molar-refractivity contribution in [2.45, 2.75) is 32.9 Å². The first-order valence-corrected chi connectivity index (χ1v) is 10.4. The van der Waals surface area contributed by atoms with Crippen molar-refractivity contribution in [1.82, 2.24) is 24.4 Å². The maximum Gasteiger partial charge on any atom is 0.410 e. The van der Waals surface area contributed by atoms with Crippen LogP contribution >= 0.6 is 0 Å². The minimum absolute atomic E-state index is 0.258. The maximum atomic E-state index is 12.3. The van der Waals surface area contributed by atoms with Crippen molar-refractivity contribution in [1.29, 1.82) is 0 Å². The van der Waals surface area contributed by atoms with E-state index in [2.05, 4.69) is 21.0 Å². The number of hydrogen-bond donors (Lipinski definition) is 2. The Morgan fingerprint density at radius 1 is 1.10 bits per heavy atom. The molecule has 2 aromatic heterocycles. The van der Waals surface area contributed by atoms with Crippen LogP contribution < -0.4 is 11.5 Å². The van der Waals surface area contributed by atoms with Gasteiger partial charge in [-0.1, -0.05) is 12.1 Å². The van der Waals surface area contributed by atoms with Gasteiger partial charge in [-0.05, 0) is 44.5 Å². The van der Waals surface area contributed by atoms with E-state index >= 15 is 0 Å². The molecule has 164 valence electrons. The average molecular weight is 424 g/mol. The van der Waals surface area contributed by atoms with E-state index in [1.807, 2.05) is 49.6 Å². The number of rotatable bonds is 3. The predicted octanol–water partition coefficient (Wildman–Crippen LogP) is 2.61. The van der Waals surface area contributed by atoms with Crippen LogP contribution in [0.3, 0.4) is 0 Å². The Balaban J connectivity index is 1.53. The summed E-state index contributed by atoms with van der Waals surface area (Å²) in [5.74, 6) is 0.433. The van der Waals surface area contributed by atoms with Crippen molar-refractivity contribution in [2.75, 3.05) is 37.6 Å². The number of nitrogen functional groups attached to an aromatic ring is 2. The second-order valence-electron chi connectivity index (χ2n) is 8.82. The summed E-state index contributed by atoms with van der Waals surface area (Å²) >= 11 is 0. The summed E-state index contributed by atoms with van der Waals surface area (Å²) < 4.78 is 7.34. The number of ether oxygens (including phenoxy) is 1. The smallest absolute Gasteiger partial charge is 0.410 e. The molecule has 31 heavy (non-hydrogen) atoms. The van der Waals surface area contributed by atoms with Gasteiger partial charge in [0.15, 0.2) is 5.82 Å². The SMILES string of the molecule is CC(C)(C)OC(=O)N1CCN(Cc2cc(-c3ccc(N)cc3)c3c(N)ncnn23)CC1. The molecule has 0 spiro atoms. The van der Waals surface area contributed by atoms with Gasteiger partial charge in [-0.3, -0.25) is 4.90 Å². The standard InChI is InChI=1S/C22H29N7O2/c1-22(2,3)31-21(30)28-10-8-27(9-11-28)13-17-12-18(15-4-6-16(23)7-5-15)19-20(24)25-14-26-29(17)19/h4-7,12,14H,8-11,13,23H2,1-3H3,(H2,24,25,26). The molecule has 4 rings (SSSR count). The predicted molar refractivity (Wildman–Crippen MR) is 120 cm³/mol. The number of aromatic nitrogens is 3. The Hall–Kier alpha value is -3.33. The fourth-order valence-corrected chi connectivity index (χ4v) is 3.77. The number of amides is 1. The van der Waals surface area contributed by atoms with Gasteiger partial charge >= 0.3 is 6.09 Å². The number of nitrogens with zero attached hydrogens (tertiary/aromatic N) is 5. The first-order valence-electron chi connectivity index (χ1n) is 10.4. The molecule has 1 aliphatic heterocycles. The zero-order chi connectivity index (χ0) is 22.2. The quantitative estimate of drug-likeness (QED) is 0.622. The molecule has 3 aromatic rings. The normalized spacial score (nSPS) is 15.4. The van der Waals surface area contributed by atoms with E-state index in [0.29, 0.717) is 31.1 Å². The lowest BCUT2D eigenvalue weighted by atomic mass is 10.1. The van der Waals surface area contributed by atoms with Gasteiger partial charge in [0, 0.05) is 44.0 Å².